The molecule has 22 heavy (non-hydrogen) atoms. The van der Waals surface area contributed by atoms with E-state index < -0.39 is 0 Å². The predicted molar refractivity (Wildman–Crippen MR) is 87.6 cm³/mol. The molecule has 112 valence electrons. The standard InChI is InChI=1S/C19H20N2O/c1-13-11-15(12-20-14(13)2)18-16-7-3-4-8-17(16)22-19(21-18)9-5-6-10-19/h3-4,7-8,11-12H,5-6,9-10H2,1-2H3. The predicted octanol–water partition coefficient (Wildman–Crippen LogP) is 4.20. The normalized spacial score (nSPS) is 18.7. The minimum atomic E-state index is -0.359. The lowest BCUT2D eigenvalue weighted by atomic mass is 9.98. The second-order valence-corrected chi connectivity index (χ2v) is 6.34. The number of hydrogen-bond donors (Lipinski definition) is 0. The van der Waals surface area contributed by atoms with Gasteiger partial charge in [0.25, 0.3) is 0 Å². The fraction of sp³-hybridized carbons (Fsp3) is 0.368. The fourth-order valence-electron chi connectivity index (χ4n) is 3.38. The third kappa shape index (κ3) is 2.12. The minimum Gasteiger partial charge on any atom is -0.465 e. The summed E-state index contributed by atoms with van der Waals surface area (Å²) in [5.74, 6) is 0.952. The summed E-state index contributed by atoms with van der Waals surface area (Å²) >= 11 is 0. The Morgan fingerprint density at radius 2 is 1.86 bits per heavy atom. The third-order valence-electron chi connectivity index (χ3n) is 4.76. The Hall–Kier alpha value is -2.16. The van der Waals surface area contributed by atoms with Gasteiger partial charge in [0.1, 0.15) is 5.75 Å². The Morgan fingerprint density at radius 3 is 2.64 bits per heavy atom. The van der Waals surface area contributed by atoms with Gasteiger partial charge in [-0.1, -0.05) is 12.1 Å². The molecule has 1 fully saturated rings. The smallest absolute Gasteiger partial charge is 0.200 e. The van der Waals surface area contributed by atoms with Gasteiger partial charge >= 0.3 is 0 Å². The lowest BCUT2D eigenvalue weighted by Gasteiger charge is -2.33. The number of aliphatic imine (C=N–C) groups is 1. The molecule has 0 N–H and O–H groups in total. The first-order valence-corrected chi connectivity index (χ1v) is 7.99. The lowest BCUT2D eigenvalue weighted by molar-refractivity contribution is 0.0820. The van der Waals surface area contributed by atoms with Crippen LogP contribution in [0.1, 0.15) is 48.1 Å². The molecule has 0 unspecified atom stereocenters. The van der Waals surface area contributed by atoms with Crippen LogP contribution in [0.4, 0.5) is 0 Å². The van der Waals surface area contributed by atoms with E-state index in [-0.39, 0.29) is 5.72 Å². The van der Waals surface area contributed by atoms with Crippen LogP contribution in [-0.2, 0) is 0 Å². The highest BCUT2D eigenvalue weighted by Crippen LogP contribution is 2.41. The maximum Gasteiger partial charge on any atom is 0.200 e. The van der Waals surface area contributed by atoms with E-state index in [1.165, 1.54) is 18.4 Å². The van der Waals surface area contributed by atoms with Crippen molar-refractivity contribution in [2.45, 2.75) is 45.3 Å². The Morgan fingerprint density at radius 1 is 1.09 bits per heavy atom. The van der Waals surface area contributed by atoms with Gasteiger partial charge in [-0.15, -0.1) is 0 Å². The molecule has 1 aliphatic carbocycles. The first-order chi connectivity index (χ1) is 10.7. The van der Waals surface area contributed by atoms with Crippen LogP contribution in [0.2, 0.25) is 0 Å². The Labute approximate surface area is 131 Å². The molecular formula is C19H20N2O. The van der Waals surface area contributed by atoms with Gasteiger partial charge in [-0.2, -0.15) is 0 Å². The molecule has 1 aromatic carbocycles. The molecule has 0 bridgehead atoms. The number of fused-ring (bicyclic) bond motifs is 1. The molecule has 1 aliphatic heterocycles. The zero-order valence-corrected chi connectivity index (χ0v) is 13.1. The van der Waals surface area contributed by atoms with Crippen LogP contribution in [0.25, 0.3) is 0 Å². The van der Waals surface area contributed by atoms with E-state index in [4.69, 9.17) is 9.73 Å². The van der Waals surface area contributed by atoms with Gasteiger partial charge in [0.15, 0.2) is 0 Å². The van der Waals surface area contributed by atoms with Crippen molar-refractivity contribution in [3.05, 3.63) is 58.9 Å². The molecule has 0 radical (unpaired) electrons. The van der Waals surface area contributed by atoms with Gasteiger partial charge in [0.05, 0.1) is 5.71 Å². The topological polar surface area (TPSA) is 34.5 Å². The monoisotopic (exact) mass is 292 g/mol. The van der Waals surface area contributed by atoms with Gasteiger partial charge in [0, 0.05) is 35.9 Å². The summed E-state index contributed by atoms with van der Waals surface area (Å²) in [7, 11) is 0. The number of rotatable bonds is 1. The second kappa shape index (κ2) is 4.94. The molecule has 1 saturated carbocycles. The number of benzene rings is 1. The van der Waals surface area contributed by atoms with Crippen LogP contribution in [0, 0.1) is 13.8 Å². The van der Waals surface area contributed by atoms with Crippen molar-refractivity contribution in [1.29, 1.82) is 0 Å². The van der Waals surface area contributed by atoms with Crippen molar-refractivity contribution in [3.8, 4) is 5.75 Å². The van der Waals surface area contributed by atoms with Crippen LogP contribution in [0.15, 0.2) is 41.5 Å². The van der Waals surface area contributed by atoms with E-state index in [9.17, 15) is 0 Å². The molecule has 3 nitrogen and oxygen atoms in total. The van der Waals surface area contributed by atoms with Crippen LogP contribution >= 0.6 is 0 Å². The molecule has 2 aliphatic rings. The average Bonchev–Trinajstić information content (AvgIpc) is 2.97. The molecule has 1 spiro atoms. The number of para-hydroxylation sites is 1. The summed E-state index contributed by atoms with van der Waals surface area (Å²) in [6, 6.07) is 10.4. The number of aromatic nitrogens is 1. The van der Waals surface area contributed by atoms with E-state index in [2.05, 4.69) is 30.1 Å². The van der Waals surface area contributed by atoms with Crippen molar-refractivity contribution in [2.75, 3.05) is 0 Å². The van der Waals surface area contributed by atoms with Gasteiger partial charge < -0.3 is 4.74 Å². The van der Waals surface area contributed by atoms with E-state index in [1.807, 2.05) is 25.3 Å². The summed E-state index contributed by atoms with van der Waals surface area (Å²) in [5.41, 5.74) is 5.10. The highest BCUT2D eigenvalue weighted by atomic mass is 16.5. The van der Waals surface area contributed by atoms with Crippen molar-refractivity contribution in [1.82, 2.24) is 4.98 Å². The van der Waals surface area contributed by atoms with Gasteiger partial charge in [0.2, 0.25) is 5.72 Å². The summed E-state index contributed by atoms with van der Waals surface area (Å²) < 4.78 is 6.28. The SMILES string of the molecule is Cc1cc(C2=NC3(CCCC3)Oc3ccccc32)cnc1C. The van der Waals surface area contributed by atoms with Gasteiger partial charge in [-0.25, -0.2) is 4.99 Å². The van der Waals surface area contributed by atoms with Gasteiger partial charge in [-0.3, -0.25) is 4.98 Å². The largest absolute Gasteiger partial charge is 0.465 e. The number of hydrogen-bond acceptors (Lipinski definition) is 3. The summed E-state index contributed by atoms with van der Waals surface area (Å²) in [4.78, 5) is 9.57. The summed E-state index contributed by atoms with van der Waals surface area (Å²) in [6.07, 6.45) is 6.31. The van der Waals surface area contributed by atoms with E-state index in [0.29, 0.717) is 0 Å². The number of ether oxygens (including phenoxy) is 1. The van der Waals surface area contributed by atoms with E-state index in [1.54, 1.807) is 0 Å². The Bertz CT molecular complexity index is 758. The average molecular weight is 292 g/mol. The summed E-state index contributed by atoms with van der Waals surface area (Å²) in [5, 5.41) is 0. The van der Waals surface area contributed by atoms with Crippen LogP contribution < -0.4 is 4.74 Å². The molecule has 0 atom stereocenters. The molecule has 0 amide bonds. The second-order valence-electron chi connectivity index (χ2n) is 6.34. The van der Waals surface area contributed by atoms with E-state index >= 15 is 0 Å². The van der Waals surface area contributed by atoms with Crippen molar-refractivity contribution in [2.24, 2.45) is 4.99 Å². The minimum absolute atomic E-state index is 0.359. The quantitative estimate of drug-likeness (QED) is 0.789. The van der Waals surface area contributed by atoms with Crippen molar-refractivity contribution in [3.63, 3.8) is 0 Å². The third-order valence-corrected chi connectivity index (χ3v) is 4.76. The number of nitrogens with zero attached hydrogens (tertiary/aromatic N) is 2. The van der Waals surface area contributed by atoms with Crippen molar-refractivity contribution < 1.29 is 4.74 Å². The highest BCUT2D eigenvalue weighted by molar-refractivity contribution is 6.15. The fourth-order valence-corrected chi connectivity index (χ4v) is 3.38. The van der Waals surface area contributed by atoms with Crippen LogP contribution in [0.3, 0.4) is 0 Å². The first kappa shape index (κ1) is 13.5. The molecule has 2 heterocycles. The highest BCUT2D eigenvalue weighted by Gasteiger charge is 2.40. The number of pyridine rings is 1. The maximum atomic E-state index is 6.28. The van der Waals surface area contributed by atoms with Crippen LogP contribution in [-0.4, -0.2) is 16.4 Å². The molecule has 1 aromatic heterocycles. The number of aryl methyl sites for hydroxylation is 2. The van der Waals surface area contributed by atoms with Crippen LogP contribution in [0.5, 0.6) is 5.75 Å². The van der Waals surface area contributed by atoms with E-state index in [0.717, 1.165) is 41.1 Å². The zero-order chi connectivity index (χ0) is 15.2. The Balaban J connectivity index is 1.89. The molecular weight excluding hydrogens is 272 g/mol. The molecule has 3 heteroatoms. The lowest BCUT2D eigenvalue weighted by Crippen LogP contribution is -2.36. The molecule has 0 saturated heterocycles. The molecule has 4 rings (SSSR count). The van der Waals surface area contributed by atoms with Gasteiger partial charge in [-0.05, 0) is 50.5 Å². The summed E-state index contributed by atoms with van der Waals surface area (Å²) in [6.45, 7) is 4.14. The zero-order valence-electron chi connectivity index (χ0n) is 13.1. The maximum absolute atomic E-state index is 6.28. The first-order valence-electron chi connectivity index (χ1n) is 7.99. The Kier molecular flexibility index (Phi) is 3.03. The van der Waals surface area contributed by atoms with Crippen molar-refractivity contribution >= 4 is 5.71 Å². The molecule has 2 aromatic rings.